The van der Waals surface area contributed by atoms with Gasteiger partial charge < -0.3 is 30.2 Å². The molecule has 0 aliphatic carbocycles. The zero-order valence-corrected chi connectivity index (χ0v) is 37.1. The quantitative estimate of drug-likeness (QED) is 0.0549. The summed E-state index contributed by atoms with van der Waals surface area (Å²) in [5, 5.41) is 6.59. The van der Waals surface area contributed by atoms with Gasteiger partial charge >= 0.3 is 11.7 Å². The molecule has 0 fully saturated rings. The van der Waals surface area contributed by atoms with Gasteiger partial charge in [0.05, 0.1) is 18.2 Å². The maximum absolute atomic E-state index is 14.0. The van der Waals surface area contributed by atoms with E-state index in [0.717, 1.165) is 48.8 Å². The second-order valence-electron chi connectivity index (χ2n) is 16.0. The minimum absolute atomic E-state index is 0.122. The number of carbonyl (C=O) groups is 4. The summed E-state index contributed by atoms with van der Waals surface area (Å²) >= 11 is 0. The first-order valence-corrected chi connectivity index (χ1v) is 21.7. The Hall–Kier alpha value is -7.92. The van der Waals surface area contributed by atoms with E-state index in [4.69, 9.17) is 4.74 Å². The lowest BCUT2D eigenvalue weighted by atomic mass is 10.0. The van der Waals surface area contributed by atoms with Crippen LogP contribution in [-0.2, 0) is 24.1 Å². The maximum atomic E-state index is 14.0. The Kier molecular flexibility index (Phi) is 14.5. The lowest BCUT2D eigenvalue weighted by molar-refractivity contribution is 0.0600. The van der Waals surface area contributed by atoms with Crippen molar-refractivity contribution in [2.45, 2.75) is 58.5 Å². The second kappa shape index (κ2) is 20.7. The van der Waals surface area contributed by atoms with Gasteiger partial charge in [0, 0.05) is 54.9 Å². The number of carbonyl (C=O) groups excluding carboxylic acids is 4. The third-order valence-corrected chi connectivity index (χ3v) is 11.6. The van der Waals surface area contributed by atoms with Gasteiger partial charge in [0.15, 0.2) is 11.2 Å². The third kappa shape index (κ3) is 10.7. The number of hydrogen-bond acceptors (Lipinski definition) is 10. The van der Waals surface area contributed by atoms with Crippen LogP contribution < -0.4 is 27.4 Å². The van der Waals surface area contributed by atoms with Crippen molar-refractivity contribution in [1.29, 1.82) is 0 Å². The second-order valence-corrected chi connectivity index (χ2v) is 16.0. The number of aromatic nitrogens is 5. The summed E-state index contributed by atoms with van der Waals surface area (Å²) in [6, 6.07) is 29.7. The number of aromatic amines is 4. The Labute approximate surface area is 378 Å². The fourth-order valence-corrected chi connectivity index (χ4v) is 7.99. The molecule has 7 rings (SSSR count). The first-order chi connectivity index (χ1) is 31.8. The normalized spacial score (nSPS) is 11.3. The van der Waals surface area contributed by atoms with Crippen LogP contribution in [-0.4, -0.2) is 91.7 Å². The van der Waals surface area contributed by atoms with Crippen LogP contribution >= 0.6 is 0 Å². The monoisotopic (exact) mass is 893 g/mol. The number of hydrogen-bond donors (Lipinski definition) is 6. The number of rotatable bonds is 18. The molecule has 4 aromatic carbocycles. The third-order valence-electron chi connectivity index (χ3n) is 11.6. The number of para-hydroxylation sites is 1. The number of nitrogens with zero attached hydrogens (tertiary/aromatic N) is 3. The SMILES string of the molecule is CCC(CC)N(CCN(C)C(=O)c1nc2c(=O)[nH]c(=O)[nH]c2[nH]c1=O)Cc1cccc(C(=O)Nc2[nH]c3ccccc3c2C(=O)Nc2ccc(CCCc3ccc(C(=O)OC)cc3)cc2)c1. The molecule has 3 amide bonds. The van der Waals surface area contributed by atoms with Crippen molar-refractivity contribution in [3.8, 4) is 0 Å². The van der Waals surface area contributed by atoms with Gasteiger partial charge in [0.1, 0.15) is 11.5 Å². The predicted octanol–water partition coefficient (Wildman–Crippen LogP) is 6.01. The molecule has 0 aliphatic rings. The molecule has 7 aromatic rings. The number of likely N-dealkylation sites (N-methyl/N-ethyl adjacent to an activating group) is 1. The number of benzene rings is 4. The van der Waals surface area contributed by atoms with E-state index in [2.05, 4.69) is 49.3 Å². The highest BCUT2D eigenvalue weighted by molar-refractivity contribution is 6.19. The lowest BCUT2D eigenvalue weighted by Crippen LogP contribution is -2.42. The van der Waals surface area contributed by atoms with Gasteiger partial charge in [-0.15, -0.1) is 0 Å². The number of fused-ring (bicyclic) bond motifs is 2. The number of esters is 1. The van der Waals surface area contributed by atoms with Crippen molar-refractivity contribution in [3.05, 3.63) is 167 Å². The van der Waals surface area contributed by atoms with Crippen molar-refractivity contribution in [2.75, 3.05) is 37.9 Å². The summed E-state index contributed by atoms with van der Waals surface area (Å²) < 4.78 is 4.78. The molecule has 66 heavy (non-hydrogen) atoms. The van der Waals surface area contributed by atoms with Crippen LogP contribution in [0.5, 0.6) is 0 Å². The molecule has 17 heteroatoms. The molecule has 6 N–H and O–H groups in total. The molecular weight excluding hydrogens is 843 g/mol. The Morgan fingerprint density at radius 1 is 0.712 bits per heavy atom. The highest BCUT2D eigenvalue weighted by Gasteiger charge is 2.24. The highest BCUT2D eigenvalue weighted by Crippen LogP contribution is 2.28. The summed E-state index contributed by atoms with van der Waals surface area (Å²) in [5.74, 6) is -1.62. The molecule has 3 aromatic heterocycles. The van der Waals surface area contributed by atoms with E-state index in [1.165, 1.54) is 19.1 Å². The molecule has 3 heterocycles. The van der Waals surface area contributed by atoms with E-state index in [1.807, 2.05) is 71.7 Å². The molecule has 17 nitrogen and oxygen atoms in total. The molecule has 0 unspecified atom stereocenters. The molecule has 0 aliphatic heterocycles. The number of nitrogens with one attached hydrogen (secondary N) is 6. The first-order valence-electron chi connectivity index (χ1n) is 21.7. The zero-order chi connectivity index (χ0) is 46.9. The van der Waals surface area contributed by atoms with E-state index in [1.54, 1.807) is 30.3 Å². The lowest BCUT2D eigenvalue weighted by Gasteiger charge is -2.32. The molecule has 340 valence electrons. The number of H-pyrrole nitrogens is 4. The number of aryl methyl sites for hydroxylation is 2. The van der Waals surface area contributed by atoms with Crippen molar-refractivity contribution in [1.82, 2.24) is 34.7 Å². The highest BCUT2D eigenvalue weighted by atomic mass is 16.5. The van der Waals surface area contributed by atoms with Gasteiger partial charge in [-0.1, -0.05) is 68.4 Å². The van der Waals surface area contributed by atoms with Crippen LogP contribution in [0, 0.1) is 0 Å². The van der Waals surface area contributed by atoms with E-state index >= 15 is 0 Å². The smallest absolute Gasteiger partial charge is 0.337 e. The summed E-state index contributed by atoms with van der Waals surface area (Å²) in [6.07, 6.45) is 4.19. The Balaban J connectivity index is 1.00. The van der Waals surface area contributed by atoms with E-state index in [9.17, 15) is 33.6 Å². The number of methoxy groups -OCH3 is 1. The zero-order valence-electron chi connectivity index (χ0n) is 37.1. The van der Waals surface area contributed by atoms with Gasteiger partial charge in [0.2, 0.25) is 0 Å². The number of ether oxygens (including phenoxy) is 1. The standard InChI is InChI=1S/C49H51N9O8/c1-5-35(6-2)58(26-25-57(3)47(63)40-46(62)54-42-39(52-40)45(61)56-49(65)55-42)28-31-13-10-14-33(27-31)43(59)53-41-38(36-15-7-8-16-37(36)51-41)44(60)50-34-23-19-30(20-24-34)12-9-11-29-17-21-32(22-18-29)48(64)66-4/h7-8,10,13-24,27,35,51H,5-6,9,11-12,25-26,28H2,1-4H3,(H,50,60)(H,53,59)(H3,54,55,56,61,62,65). The van der Waals surface area contributed by atoms with Crippen LogP contribution in [0.2, 0.25) is 0 Å². The number of amides is 3. The molecule has 0 atom stereocenters. The van der Waals surface area contributed by atoms with Crippen molar-refractivity contribution in [2.24, 2.45) is 0 Å². The fourth-order valence-electron chi connectivity index (χ4n) is 7.99. The molecule has 0 spiro atoms. The minimum Gasteiger partial charge on any atom is -0.465 e. The van der Waals surface area contributed by atoms with E-state index in [0.29, 0.717) is 46.4 Å². The van der Waals surface area contributed by atoms with E-state index in [-0.39, 0.29) is 35.5 Å². The van der Waals surface area contributed by atoms with Gasteiger partial charge in [-0.05, 0) is 91.3 Å². The van der Waals surface area contributed by atoms with Gasteiger partial charge in [-0.2, -0.15) is 0 Å². The number of anilines is 2. The fraction of sp³-hybridized carbons (Fsp3) is 0.265. The molecule has 0 radical (unpaired) electrons. The van der Waals surface area contributed by atoms with Gasteiger partial charge in [0.25, 0.3) is 28.8 Å². The van der Waals surface area contributed by atoms with Crippen LogP contribution in [0.15, 0.2) is 111 Å². The van der Waals surface area contributed by atoms with Gasteiger partial charge in [-0.3, -0.25) is 38.8 Å². The molecular formula is C49H51N9O8. The first kappa shape index (κ1) is 46.1. The maximum Gasteiger partial charge on any atom is 0.337 e. The van der Waals surface area contributed by atoms with Crippen LogP contribution in [0.3, 0.4) is 0 Å². The van der Waals surface area contributed by atoms with Crippen molar-refractivity contribution < 1.29 is 23.9 Å². The molecule has 0 bridgehead atoms. The van der Waals surface area contributed by atoms with Crippen LogP contribution in [0.4, 0.5) is 11.5 Å². The predicted molar refractivity (Wildman–Crippen MR) is 252 cm³/mol. The van der Waals surface area contributed by atoms with E-state index < -0.39 is 40.2 Å². The van der Waals surface area contributed by atoms with Crippen molar-refractivity contribution in [3.63, 3.8) is 0 Å². The van der Waals surface area contributed by atoms with Crippen molar-refractivity contribution >= 4 is 57.3 Å². The largest absolute Gasteiger partial charge is 0.465 e. The Morgan fingerprint density at radius 2 is 1.41 bits per heavy atom. The Morgan fingerprint density at radius 3 is 2.11 bits per heavy atom. The van der Waals surface area contributed by atoms with Crippen LogP contribution in [0.25, 0.3) is 22.1 Å². The minimum atomic E-state index is -0.843. The van der Waals surface area contributed by atoms with Gasteiger partial charge in [-0.25, -0.2) is 14.6 Å². The average molecular weight is 894 g/mol. The average Bonchev–Trinajstić information content (AvgIpc) is 3.69. The summed E-state index contributed by atoms with van der Waals surface area (Å²) in [7, 11) is 2.90. The topological polar surface area (TPSA) is 235 Å². The molecule has 0 saturated carbocycles. The molecule has 0 saturated heterocycles. The Bertz CT molecular complexity index is 3080. The van der Waals surface area contributed by atoms with Crippen LogP contribution in [0.1, 0.15) is 91.4 Å². The summed E-state index contributed by atoms with van der Waals surface area (Å²) in [5.41, 5.74) is 2.11. The summed E-state index contributed by atoms with van der Waals surface area (Å²) in [4.78, 5) is 107. The summed E-state index contributed by atoms with van der Waals surface area (Å²) in [6.45, 7) is 5.21.